The second-order valence-electron chi connectivity index (χ2n) is 0.448. The molecule has 2 N–H and O–H groups in total. The van der Waals surface area contributed by atoms with Gasteiger partial charge in [-0.2, -0.15) is 8.42 Å². The van der Waals surface area contributed by atoms with Crippen LogP contribution in [0.2, 0.25) is 0 Å². The third-order valence-corrected chi connectivity index (χ3v) is 0. The van der Waals surface area contributed by atoms with Crippen LogP contribution in [0.5, 0.6) is 0 Å². The molecule has 0 aromatic carbocycles. The predicted molar refractivity (Wildman–Crippen MR) is 32.7 cm³/mol. The molecule has 0 spiro atoms. The Hall–Kier alpha value is 1.09. The molecule has 0 saturated heterocycles. The molecule has 0 heterocycles. The maximum absolute atomic E-state index is 8.74. The first-order valence-electron chi connectivity index (χ1n) is 0.698. The van der Waals surface area contributed by atoms with Crippen LogP contribution in [0.25, 0.3) is 0 Å². The fraction of sp³-hybridized carbons (Fsp3) is 0. The second kappa shape index (κ2) is 5.23. The summed E-state index contributed by atoms with van der Waals surface area (Å²) in [4.78, 5) is 0. The monoisotopic (exact) mass is 154 g/mol. The zero-order chi connectivity index (χ0) is 4.50. The van der Waals surface area contributed by atoms with Crippen molar-refractivity contribution in [2.75, 3.05) is 0 Å². The summed E-state index contributed by atoms with van der Waals surface area (Å²) in [5, 5.41) is 0. The van der Waals surface area contributed by atoms with E-state index in [0.717, 1.165) is 0 Å². The molecule has 0 saturated carbocycles. The molecule has 7 heavy (non-hydrogen) atoms. The van der Waals surface area contributed by atoms with E-state index in [-0.39, 0.29) is 40.5 Å². The molecule has 0 aliphatic rings. The number of hydrogen-bond donors (Lipinski definition) is 2. The van der Waals surface area contributed by atoms with Crippen molar-refractivity contribution in [1.29, 1.82) is 0 Å². The van der Waals surface area contributed by atoms with Gasteiger partial charge in [0.25, 0.3) is 0 Å². The molecule has 42 valence electrons. The van der Waals surface area contributed by atoms with Crippen LogP contribution in [0.1, 0.15) is 0 Å². The molecular weight excluding hydrogens is 147 g/mol. The van der Waals surface area contributed by atoms with Gasteiger partial charge in [0, 0.05) is 0 Å². The van der Waals surface area contributed by atoms with E-state index >= 15 is 0 Å². The first-order valence-corrected chi connectivity index (χ1v) is 2.10. The van der Waals surface area contributed by atoms with E-state index in [0.29, 0.717) is 0 Å². The summed E-state index contributed by atoms with van der Waals surface area (Å²) >= 11 is 0. The van der Waals surface area contributed by atoms with Crippen LogP contribution in [0.15, 0.2) is 0 Å². The Morgan fingerprint density at radius 1 is 1.14 bits per heavy atom. The third kappa shape index (κ3) is 155. The minimum atomic E-state index is -4.67. The van der Waals surface area contributed by atoms with Crippen molar-refractivity contribution in [2.45, 2.75) is 0 Å². The summed E-state index contributed by atoms with van der Waals surface area (Å²) in [5.74, 6) is 0. The van der Waals surface area contributed by atoms with Crippen molar-refractivity contribution >= 4 is 50.9 Å². The van der Waals surface area contributed by atoms with Crippen molar-refractivity contribution in [3.05, 3.63) is 0 Å². The van der Waals surface area contributed by atoms with Crippen LogP contribution in [0, 0.1) is 0 Å². The molecule has 0 radical (unpaired) electrons. The molecule has 4 nitrogen and oxygen atoms in total. The zero-order valence-corrected chi connectivity index (χ0v) is 2.94. The Bertz CT molecular complexity index is 94.9. The van der Waals surface area contributed by atoms with Crippen molar-refractivity contribution in [2.24, 2.45) is 0 Å². The Kier molecular flexibility index (Phi) is 11.7. The van der Waals surface area contributed by atoms with Gasteiger partial charge in [-0.25, -0.2) is 0 Å². The third-order valence-electron chi connectivity index (χ3n) is 0. The summed E-state index contributed by atoms with van der Waals surface area (Å²) in [6, 6.07) is 0. The zero-order valence-electron chi connectivity index (χ0n) is 2.12. The molecule has 0 aliphatic heterocycles. The quantitative estimate of drug-likeness (QED) is 0.293. The smallest absolute Gasteiger partial charge is 0.0149 e. The van der Waals surface area contributed by atoms with E-state index in [1.807, 2.05) is 0 Å². The number of hydrogen-bond acceptors (Lipinski definition) is 2. The fourth-order valence-corrected chi connectivity index (χ4v) is 0. The van der Waals surface area contributed by atoms with Crippen molar-refractivity contribution in [1.82, 2.24) is 0 Å². The topological polar surface area (TPSA) is 74.6 Å². The van der Waals surface area contributed by atoms with Crippen molar-refractivity contribution < 1.29 is 17.5 Å². The normalized spacial score (nSPS) is 8.29. The molecule has 0 unspecified atom stereocenters. The molecule has 0 amide bonds. The van der Waals surface area contributed by atoms with Gasteiger partial charge in [-0.3, -0.25) is 9.11 Å². The molecular formula is H7NaO4SSi. The Labute approximate surface area is 68.2 Å². The molecule has 7 heteroatoms. The van der Waals surface area contributed by atoms with Crippen LogP contribution >= 0.6 is 0 Å². The van der Waals surface area contributed by atoms with E-state index in [1.165, 1.54) is 0 Å². The Morgan fingerprint density at radius 2 is 1.14 bits per heavy atom. The van der Waals surface area contributed by atoms with E-state index in [2.05, 4.69) is 0 Å². The van der Waals surface area contributed by atoms with E-state index < -0.39 is 10.4 Å². The minimum Gasteiger partial charge on any atom is -0.0149 e. The largest absolute Gasteiger partial charge is 0.0149 e. The molecule has 0 aliphatic carbocycles. The van der Waals surface area contributed by atoms with Gasteiger partial charge in [0.1, 0.15) is 0 Å². The SMILES string of the molecule is O=S(=O)(O)O.[NaH].[SiH4]. The molecule has 0 aromatic rings. The maximum Gasteiger partial charge on any atom is -0.0149 e. The first-order chi connectivity index (χ1) is 2.00. The standard InChI is InChI=1S/Na.H2O4S.H4Si.H/c;1-5(2,3)4;;/h;(H2,1,2,3,4);1H4;. The van der Waals surface area contributed by atoms with Gasteiger partial charge in [0.2, 0.25) is 0 Å². The average molecular weight is 154 g/mol. The summed E-state index contributed by atoms with van der Waals surface area (Å²) in [5.41, 5.74) is 0. The van der Waals surface area contributed by atoms with Crippen LogP contribution in [0.4, 0.5) is 0 Å². The first kappa shape index (κ1) is 15.7. The summed E-state index contributed by atoms with van der Waals surface area (Å²) in [6.07, 6.45) is 0. The van der Waals surface area contributed by atoms with E-state index in [9.17, 15) is 0 Å². The summed E-state index contributed by atoms with van der Waals surface area (Å²) in [6.45, 7) is 0. The van der Waals surface area contributed by atoms with Crippen LogP contribution in [-0.2, 0) is 10.4 Å². The van der Waals surface area contributed by atoms with Crippen molar-refractivity contribution in [3.8, 4) is 0 Å². The summed E-state index contributed by atoms with van der Waals surface area (Å²) < 4.78 is 31.6. The van der Waals surface area contributed by atoms with Gasteiger partial charge < -0.3 is 0 Å². The molecule has 0 aromatic heterocycles. The van der Waals surface area contributed by atoms with Gasteiger partial charge in [0.15, 0.2) is 0 Å². The van der Waals surface area contributed by atoms with Crippen LogP contribution in [-0.4, -0.2) is 58.0 Å². The average Bonchev–Trinajstić information content (AvgIpc) is 0.722. The maximum atomic E-state index is 8.74. The van der Waals surface area contributed by atoms with Crippen molar-refractivity contribution in [3.63, 3.8) is 0 Å². The van der Waals surface area contributed by atoms with Gasteiger partial charge in [-0.15, -0.1) is 0 Å². The van der Waals surface area contributed by atoms with Crippen LogP contribution < -0.4 is 0 Å². The Balaban J connectivity index is -0.0000000800. The predicted octanol–water partition coefficient (Wildman–Crippen LogP) is -2.75. The molecule has 0 fully saturated rings. The van der Waals surface area contributed by atoms with Crippen LogP contribution in [0.3, 0.4) is 0 Å². The molecule has 0 bridgehead atoms. The van der Waals surface area contributed by atoms with Gasteiger partial charge >= 0.3 is 40.0 Å². The number of rotatable bonds is 0. The minimum absolute atomic E-state index is 0. The molecule has 0 rings (SSSR count). The van der Waals surface area contributed by atoms with E-state index in [4.69, 9.17) is 17.5 Å². The second-order valence-corrected chi connectivity index (χ2v) is 1.34. The summed E-state index contributed by atoms with van der Waals surface area (Å²) in [7, 11) is -4.67. The van der Waals surface area contributed by atoms with Gasteiger partial charge in [-0.1, -0.05) is 0 Å². The Morgan fingerprint density at radius 3 is 1.14 bits per heavy atom. The fourth-order valence-electron chi connectivity index (χ4n) is 0. The van der Waals surface area contributed by atoms with Gasteiger partial charge in [-0.05, 0) is 11.0 Å². The molecule has 0 atom stereocenters. The van der Waals surface area contributed by atoms with Gasteiger partial charge in [0.05, 0.1) is 0 Å². The van der Waals surface area contributed by atoms with E-state index in [1.54, 1.807) is 0 Å².